The van der Waals surface area contributed by atoms with Crippen LogP contribution in [0.3, 0.4) is 0 Å². The zero-order valence-corrected chi connectivity index (χ0v) is 11.6. The minimum Gasteiger partial charge on any atom is -0.480 e. The molecule has 2 amide bonds. The molecule has 0 saturated carbocycles. The molecule has 0 rings (SSSR count). The number of amides is 2. The molecule has 17 heavy (non-hydrogen) atoms. The summed E-state index contributed by atoms with van der Waals surface area (Å²) >= 11 is 1.65. The summed E-state index contributed by atoms with van der Waals surface area (Å²) in [6.07, 6.45) is 2.80. The summed E-state index contributed by atoms with van der Waals surface area (Å²) in [6.45, 7) is 5.51. The molecule has 2 atom stereocenters. The molecule has 0 radical (unpaired) electrons. The standard InChI is InChI=1S/C11H22N2O3S/c1-5-8(6-17-4)12-11(16)13-9(7(2)3)10(14)15/h7-9H,5-6H2,1-4H3,(H,14,15)(H2,12,13,16)/t8?,9-/m0/s1. The van der Waals surface area contributed by atoms with Crippen molar-refractivity contribution in [3.8, 4) is 0 Å². The molecule has 1 unspecified atom stereocenters. The average molecular weight is 262 g/mol. The van der Waals surface area contributed by atoms with Crippen molar-refractivity contribution in [1.29, 1.82) is 0 Å². The molecule has 0 aliphatic carbocycles. The molecule has 0 aromatic heterocycles. The third-order valence-electron chi connectivity index (χ3n) is 2.42. The van der Waals surface area contributed by atoms with E-state index in [9.17, 15) is 9.59 Å². The van der Waals surface area contributed by atoms with E-state index >= 15 is 0 Å². The third kappa shape index (κ3) is 6.41. The molecule has 0 bridgehead atoms. The Morgan fingerprint density at radius 1 is 1.29 bits per heavy atom. The first kappa shape index (κ1) is 16.1. The monoisotopic (exact) mass is 262 g/mol. The van der Waals surface area contributed by atoms with Crippen LogP contribution in [0.1, 0.15) is 27.2 Å². The maximum absolute atomic E-state index is 11.6. The maximum Gasteiger partial charge on any atom is 0.326 e. The first-order valence-electron chi connectivity index (χ1n) is 5.71. The van der Waals surface area contributed by atoms with Gasteiger partial charge in [-0.1, -0.05) is 20.8 Å². The van der Waals surface area contributed by atoms with Crippen molar-refractivity contribution in [1.82, 2.24) is 10.6 Å². The van der Waals surface area contributed by atoms with Crippen molar-refractivity contribution in [2.45, 2.75) is 39.3 Å². The highest BCUT2D eigenvalue weighted by atomic mass is 32.2. The van der Waals surface area contributed by atoms with Crippen molar-refractivity contribution in [2.75, 3.05) is 12.0 Å². The minimum atomic E-state index is -1.01. The molecule has 5 nitrogen and oxygen atoms in total. The van der Waals surface area contributed by atoms with Gasteiger partial charge in [-0.2, -0.15) is 11.8 Å². The number of thioether (sulfide) groups is 1. The zero-order chi connectivity index (χ0) is 13.4. The van der Waals surface area contributed by atoms with Gasteiger partial charge >= 0.3 is 12.0 Å². The number of urea groups is 1. The van der Waals surface area contributed by atoms with E-state index in [1.807, 2.05) is 13.2 Å². The molecule has 0 aromatic rings. The Morgan fingerprint density at radius 2 is 1.88 bits per heavy atom. The summed E-state index contributed by atoms with van der Waals surface area (Å²) in [5, 5.41) is 14.2. The Labute approximate surface area is 107 Å². The number of carboxylic acid groups (broad SMARTS) is 1. The number of carbonyl (C=O) groups is 2. The molecule has 0 saturated heterocycles. The highest BCUT2D eigenvalue weighted by Gasteiger charge is 2.23. The minimum absolute atomic E-state index is 0.0756. The van der Waals surface area contributed by atoms with E-state index in [-0.39, 0.29) is 12.0 Å². The quantitative estimate of drug-likeness (QED) is 0.650. The molecule has 6 heteroatoms. The van der Waals surface area contributed by atoms with Crippen LogP contribution in [0.2, 0.25) is 0 Å². The lowest BCUT2D eigenvalue weighted by molar-refractivity contribution is -0.140. The first-order chi connectivity index (χ1) is 7.92. The summed E-state index contributed by atoms with van der Waals surface area (Å²) in [6, 6.07) is -1.18. The second-order valence-corrected chi connectivity index (χ2v) is 5.15. The number of rotatable bonds is 7. The second kappa shape index (κ2) is 8.22. The highest BCUT2D eigenvalue weighted by molar-refractivity contribution is 7.98. The largest absolute Gasteiger partial charge is 0.480 e. The van der Waals surface area contributed by atoms with Crippen molar-refractivity contribution in [3.05, 3.63) is 0 Å². The topological polar surface area (TPSA) is 78.4 Å². The van der Waals surface area contributed by atoms with Gasteiger partial charge in [0, 0.05) is 11.8 Å². The van der Waals surface area contributed by atoms with Gasteiger partial charge in [-0.25, -0.2) is 9.59 Å². The predicted molar refractivity (Wildman–Crippen MR) is 70.4 cm³/mol. The van der Waals surface area contributed by atoms with E-state index in [0.717, 1.165) is 12.2 Å². The number of nitrogens with one attached hydrogen (secondary N) is 2. The lowest BCUT2D eigenvalue weighted by atomic mass is 10.1. The van der Waals surface area contributed by atoms with Gasteiger partial charge in [-0.15, -0.1) is 0 Å². The van der Waals surface area contributed by atoms with Gasteiger partial charge in [0.1, 0.15) is 6.04 Å². The van der Waals surface area contributed by atoms with Crippen LogP contribution in [-0.4, -0.2) is 41.2 Å². The Hall–Kier alpha value is -0.910. The van der Waals surface area contributed by atoms with E-state index < -0.39 is 18.0 Å². The van der Waals surface area contributed by atoms with Crippen LogP contribution in [0.25, 0.3) is 0 Å². The number of hydrogen-bond donors (Lipinski definition) is 3. The summed E-state index contributed by atoms with van der Waals surface area (Å²) in [5.41, 5.74) is 0. The molecule has 0 aliphatic heterocycles. The van der Waals surface area contributed by atoms with Gasteiger partial charge in [-0.05, 0) is 18.6 Å². The Bertz CT molecular complexity index is 259. The molecular weight excluding hydrogens is 240 g/mol. The molecule has 100 valence electrons. The Kier molecular flexibility index (Phi) is 7.78. The van der Waals surface area contributed by atoms with Crippen LogP contribution in [0.5, 0.6) is 0 Å². The Balaban J connectivity index is 4.27. The fourth-order valence-corrected chi connectivity index (χ4v) is 2.07. The first-order valence-corrected chi connectivity index (χ1v) is 7.10. The van der Waals surface area contributed by atoms with Gasteiger partial charge in [0.2, 0.25) is 0 Å². The van der Waals surface area contributed by atoms with Gasteiger partial charge in [-0.3, -0.25) is 0 Å². The number of hydrogen-bond acceptors (Lipinski definition) is 3. The number of carbonyl (C=O) groups excluding carboxylic acids is 1. The van der Waals surface area contributed by atoms with Crippen LogP contribution in [-0.2, 0) is 4.79 Å². The average Bonchev–Trinajstić information content (AvgIpc) is 2.24. The molecule has 0 fully saturated rings. The second-order valence-electron chi connectivity index (χ2n) is 4.24. The van der Waals surface area contributed by atoms with Crippen LogP contribution in [0.15, 0.2) is 0 Å². The van der Waals surface area contributed by atoms with Crippen molar-refractivity contribution in [3.63, 3.8) is 0 Å². The van der Waals surface area contributed by atoms with E-state index in [1.165, 1.54) is 0 Å². The SMILES string of the molecule is CCC(CSC)NC(=O)N[C@H](C(=O)O)C(C)C. The molecule has 0 spiro atoms. The highest BCUT2D eigenvalue weighted by Crippen LogP contribution is 2.03. The van der Waals surface area contributed by atoms with E-state index in [1.54, 1.807) is 25.6 Å². The van der Waals surface area contributed by atoms with Crippen molar-refractivity contribution >= 4 is 23.8 Å². The summed E-state index contributed by atoms with van der Waals surface area (Å²) in [7, 11) is 0. The van der Waals surface area contributed by atoms with E-state index in [0.29, 0.717) is 0 Å². The van der Waals surface area contributed by atoms with Crippen LogP contribution in [0.4, 0.5) is 4.79 Å². The lowest BCUT2D eigenvalue weighted by Gasteiger charge is -2.21. The van der Waals surface area contributed by atoms with E-state index in [2.05, 4.69) is 10.6 Å². The van der Waals surface area contributed by atoms with E-state index in [4.69, 9.17) is 5.11 Å². The van der Waals surface area contributed by atoms with Crippen LogP contribution >= 0.6 is 11.8 Å². The molecule has 0 heterocycles. The lowest BCUT2D eigenvalue weighted by Crippen LogP contribution is -2.51. The zero-order valence-electron chi connectivity index (χ0n) is 10.8. The molecule has 0 aromatic carbocycles. The molecular formula is C11H22N2O3S. The predicted octanol–water partition coefficient (Wildman–Crippen LogP) is 1.54. The maximum atomic E-state index is 11.6. The molecule has 0 aliphatic rings. The fourth-order valence-electron chi connectivity index (χ4n) is 1.34. The fraction of sp³-hybridized carbons (Fsp3) is 0.818. The van der Waals surface area contributed by atoms with Crippen molar-refractivity contribution in [2.24, 2.45) is 5.92 Å². The number of aliphatic carboxylic acids is 1. The molecule has 3 N–H and O–H groups in total. The normalized spacial score (nSPS) is 14.2. The van der Waals surface area contributed by atoms with Crippen molar-refractivity contribution < 1.29 is 14.7 Å². The van der Waals surface area contributed by atoms with Gasteiger partial charge < -0.3 is 15.7 Å². The van der Waals surface area contributed by atoms with Gasteiger partial charge in [0.15, 0.2) is 0 Å². The summed E-state index contributed by atoms with van der Waals surface area (Å²) in [5.74, 6) is -0.324. The van der Waals surface area contributed by atoms with Gasteiger partial charge in [0.05, 0.1) is 0 Å². The summed E-state index contributed by atoms with van der Waals surface area (Å²) < 4.78 is 0. The third-order valence-corrected chi connectivity index (χ3v) is 3.15. The number of carboxylic acids is 1. The van der Waals surface area contributed by atoms with Crippen LogP contribution in [0, 0.1) is 5.92 Å². The smallest absolute Gasteiger partial charge is 0.326 e. The van der Waals surface area contributed by atoms with Gasteiger partial charge in [0.25, 0.3) is 0 Å². The van der Waals surface area contributed by atoms with Crippen LogP contribution < -0.4 is 10.6 Å². The summed E-state index contributed by atoms with van der Waals surface area (Å²) in [4.78, 5) is 22.5. The Morgan fingerprint density at radius 3 is 2.24 bits per heavy atom.